The molecule has 120 valence electrons. The van der Waals surface area contributed by atoms with Gasteiger partial charge in [-0.05, 0) is 48.9 Å². The Morgan fingerprint density at radius 3 is 2.65 bits per heavy atom. The van der Waals surface area contributed by atoms with Crippen LogP contribution < -0.4 is 5.32 Å². The first kappa shape index (κ1) is 15.7. The number of nitrogens with one attached hydrogen (secondary N) is 1. The lowest BCUT2D eigenvalue weighted by Gasteiger charge is -2.10. The molecule has 4 heteroatoms. The molecule has 0 fully saturated rings. The van der Waals surface area contributed by atoms with Crippen LogP contribution in [-0.2, 0) is 13.0 Å². The van der Waals surface area contributed by atoms with Gasteiger partial charge in [0, 0.05) is 19.5 Å². The summed E-state index contributed by atoms with van der Waals surface area (Å²) < 4.78 is 15.4. The Morgan fingerprint density at radius 1 is 1.13 bits per heavy atom. The average Bonchev–Trinajstić information content (AvgIpc) is 2.87. The molecule has 0 bridgehead atoms. The lowest BCUT2D eigenvalue weighted by Crippen LogP contribution is -2.18. The quantitative estimate of drug-likeness (QED) is 0.704. The number of halogens is 1. The summed E-state index contributed by atoms with van der Waals surface area (Å²) in [6, 6.07) is 13.0. The van der Waals surface area contributed by atoms with Gasteiger partial charge in [-0.15, -0.1) is 0 Å². The number of hydrogen-bond donors (Lipinski definition) is 1. The van der Waals surface area contributed by atoms with Crippen molar-refractivity contribution in [3.63, 3.8) is 0 Å². The minimum Gasteiger partial charge on any atom is -0.323 e. The largest absolute Gasteiger partial charge is 0.323 e. The van der Waals surface area contributed by atoms with Crippen LogP contribution in [0.15, 0.2) is 42.5 Å². The third-order valence-electron chi connectivity index (χ3n) is 4.01. The molecule has 3 rings (SSSR count). The topological polar surface area (TPSA) is 29.9 Å². The monoisotopic (exact) mass is 311 g/mol. The fraction of sp³-hybridized carbons (Fsp3) is 0.316. The van der Waals surface area contributed by atoms with Gasteiger partial charge < -0.3 is 9.88 Å². The van der Waals surface area contributed by atoms with Gasteiger partial charge in [-0.3, -0.25) is 0 Å². The Bertz CT molecular complexity index is 790. The Hall–Kier alpha value is -2.20. The number of fused-ring (bicyclic) bond motifs is 1. The Kier molecular flexibility index (Phi) is 4.72. The molecule has 0 atom stereocenters. The molecule has 0 radical (unpaired) electrons. The zero-order valence-electron chi connectivity index (χ0n) is 13.6. The van der Waals surface area contributed by atoms with Crippen molar-refractivity contribution in [2.75, 3.05) is 13.1 Å². The molecule has 0 aliphatic carbocycles. The summed E-state index contributed by atoms with van der Waals surface area (Å²) in [6.45, 7) is 6.75. The second-order valence-electron chi connectivity index (χ2n) is 5.84. The van der Waals surface area contributed by atoms with Gasteiger partial charge >= 0.3 is 0 Å². The van der Waals surface area contributed by atoms with Crippen LogP contribution in [0.5, 0.6) is 0 Å². The highest BCUT2D eigenvalue weighted by molar-refractivity contribution is 5.77. The van der Waals surface area contributed by atoms with Gasteiger partial charge in [-0.25, -0.2) is 9.37 Å². The van der Waals surface area contributed by atoms with Crippen molar-refractivity contribution in [2.24, 2.45) is 0 Å². The molecule has 0 amide bonds. The van der Waals surface area contributed by atoms with Crippen molar-refractivity contribution >= 4 is 11.0 Å². The van der Waals surface area contributed by atoms with E-state index in [9.17, 15) is 4.39 Å². The summed E-state index contributed by atoms with van der Waals surface area (Å²) in [6.07, 6.45) is 0.878. The molecule has 0 aliphatic heterocycles. The molecule has 0 spiro atoms. The summed E-state index contributed by atoms with van der Waals surface area (Å²) in [4.78, 5) is 4.81. The van der Waals surface area contributed by atoms with E-state index >= 15 is 0 Å². The number of likely N-dealkylation sites (N-methyl/N-ethyl adjacent to an activating group) is 1. The summed E-state index contributed by atoms with van der Waals surface area (Å²) in [5.74, 6) is 0.864. The number of nitrogens with zero attached hydrogens (tertiary/aromatic N) is 2. The van der Waals surface area contributed by atoms with Crippen molar-refractivity contribution in [3.05, 3.63) is 65.2 Å². The molecule has 1 aromatic heterocycles. The lowest BCUT2D eigenvalue weighted by atomic mass is 10.2. The van der Waals surface area contributed by atoms with Crippen LogP contribution >= 0.6 is 0 Å². The van der Waals surface area contributed by atoms with Crippen LogP contribution in [-0.4, -0.2) is 22.6 Å². The maximum absolute atomic E-state index is 13.1. The van der Waals surface area contributed by atoms with E-state index in [0.29, 0.717) is 6.54 Å². The van der Waals surface area contributed by atoms with Crippen molar-refractivity contribution < 1.29 is 4.39 Å². The number of benzene rings is 2. The van der Waals surface area contributed by atoms with Gasteiger partial charge in [-0.2, -0.15) is 0 Å². The lowest BCUT2D eigenvalue weighted by molar-refractivity contribution is 0.625. The highest BCUT2D eigenvalue weighted by atomic mass is 19.1. The van der Waals surface area contributed by atoms with Gasteiger partial charge in [0.1, 0.15) is 11.6 Å². The second kappa shape index (κ2) is 6.92. The normalized spacial score (nSPS) is 11.3. The maximum Gasteiger partial charge on any atom is 0.123 e. The van der Waals surface area contributed by atoms with Crippen molar-refractivity contribution in [1.29, 1.82) is 0 Å². The van der Waals surface area contributed by atoms with Crippen molar-refractivity contribution in [2.45, 2.75) is 26.8 Å². The van der Waals surface area contributed by atoms with Gasteiger partial charge in [-0.1, -0.05) is 25.1 Å². The van der Waals surface area contributed by atoms with Crippen LogP contribution in [0.1, 0.15) is 23.9 Å². The fourth-order valence-electron chi connectivity index (χ4n) is 2.81. The minimum absolute atomic E-state index is 0.202. The van der Waals surface area contributed by atoms with Gasteiger partial charge in [0.25, 0.3) is 0 Å². The molecule has 0 saturated heterocycles. The number of aryl methyl sites for hydroxylation is 1. The third-order valence-corrected chi connectivity index (χ3v) is 4.01. The minimum atomic E-state index is -0.202. The van der Waals surface area contributed by atoms with Crippen molar-refractivity contribution in [1.82, 2.24) is 14.9 Å². The third kappa shape index (κ3) is 3.59. The summed E-state index contributed by atoms with van der Waals surface area (Å²) in [5, 5.41) is 3.35. The zero-order valence-corrected chi connectivity index (χ0v) is 13.6. The maximum atomic E-state index is 13.1. The van der Waals surface area contributed by atoms with Crippen LogP contribution in [0.2, 0.25) is 0 Å². The van der Waals surface area contributed by atoms with Crippen LogP contribution in [0, 0.1) is 12.7 Å². The highest BCUT2D eigenvalue weighted by Crippen LogP contribution is 2.20. The predicted octanol–water partition coefficient (Wildman–Crippen LogP) is 3.68. The molecular weight excluding hydrogens is 289 g/mol. The molecule has 3 nitrogen and oxygen atoms in total. The fourth-order valence-corrected chi connectivity index (χ4v) is 2.81. The van der Waals surface area contributed by atoms with Gasteiger partial charge in [0.15, 0.2) is 0 Å². The van der Waals surface area contributed by atoms with Crippen LogP contribution in [0.3, 0.4) is 0 Å². The predicted molar refractivity (Wildman–Crippen MR) is 92.2 cm³/mol. The smallest absolute Gasteiger partial charge is 0.123 e. The molecule has 2 aromatic carbocycles. The Balaban J connectivity index is 1.97. The van der Waals surface area contributed by atoms with Gasteiger partial charge in [0.2, 0.25) is 0 Å². The van der Waals surface area contributed by atoms with E-state index in [0.717, 1.165) is 41.9 Å². The Labute approximate surface area is 136 Å². The summed E-state index contributed by atoms with van der Waals surface area (Å²) >= 11 is 0. The first-order valence-electron chi connectivity index (χ1n) is 8.08. The first-order valence-corrected chi connectivity index (χ1v) is 8.08. The number of imidazole rings is 1. The van der Waals surface area contributed by atoms with E-state index in [2.05, 4.69) is 41.9 Å². The molecular formula is C19H22FN3. The number of aromatic nitrogens is 2. The molecule has 0 unspecified atom stereocenters. The van der Waals surface area contributed by atoms with E-state index in [-0.39, 0.29) is 5.82 Å². The molecule has 0 saturated carbocycles. The van der Waals surface area contributed by atoms with E-state index in [4.69, 9.17) is 4.98 Å². The highest BCUT2D eigenvalue weighted by Gasteiger charge is 2.11. The molecule has 0 aliphatic rings. The Morgan fingerprint density at radius 2 is 1.91 bits per heavy atom. The summed E-state index contributed by atoms with van der Waals surface area (Å²) in [5.41, 5.74) is 4.45. The average molecular weight is 311 g/mol. The first-order chi connectivity index (χ1) is 11.2. The van der Waals surface area contributed by atoms with Gasteiger partial charge in [0.05, 0.1) is 11.0 Å². The standard InChI is InChI=1S/C19H22FN3/c1-3-21-11-10-19-22-17-12-14(2)4-9-18(17)23(19)13-15-5-7-16(20)8-6-15/h4-9,12,21H,3,10-11,13H2,1-2H3. The molecule has 3 aromatic rings. The SMILES string of the molecule is CCNCCc1nc2cc(C)ccc2n1Cc1ccc(F)cc1. The zero-order chi connectivity index (χ0) is 16.2. The van der Waals surface area contributed by atoms with E-state index in [1.807, 2.05) is 12.1 Å². The van der Waals surface area contributed by atoms with E-state index in [1.165, 1.54) is 17.7 Å². The molecule has 23 heavy (non-hydrogen) atoms. The number of hydrogen-bond acceptors (Lipinski definition) is 2. The van der Waals surface area contributed by atoms with E-state index < -0.39 is 0 Å². The molecule has 1 heterocycles. The van der Waals surface area contributed by atoms with Crippen LogP contribution in [0.25, 0.3) is 11.0 Å². The second-order valence-corrected chi connectivity index (χ2v) is 5.84. The number of rotatable bonds is 6. The summed E-state index contributed by atoms with van der Waals surface area (Å²) in [7, 11) is 0. The van der Waals surface area contributed by atoms with Crippen LogP contribution in [0.4, 0.5) is 4.39 Å². The van der Waals surface area contributed by atoms with Crippen molar-refractivity contribution in [3.8, 4) is 0 Å². The molecule has 1 N–H and O–H groups in total. The van der Waals surface area contributed by atoms with E-state index in [1.54, 1.807) is 0 Å².